The zero-order valence-corrected chi connectivity index (χ0v) is 15.3. The number of hydrogen-bond donors (Lipinski definition) is 2. The van der Waals surface area contributed by atoms with Crippen LogP contribution in [0.1, 0.15) is 32.4 Å². The number of hydrogen-bond acceptors (Lipinski definition) is 3. The van der Waals surface area contributed by atoms with Crippen LogP contribution in [-0.2, 0) is 0 Å². The largest absolute Gasteiger partial charge is 0.497 e. The first-order valence-electron chi connectivity index (χ1n) is 7.96. The van der Waals surface area contributed by atoms with Gasteiger partial charge in [-0.2, -0.15) is 0 Å². The van der Waals surface area contributed by atoms with Crippen LogP contribution < -0.4 is 20.1 Å². The van der Waals surface area contributed by atoms with Gasteiger partial charge in [0.25, 0.3) is 0 Å². The van der Waals surface area contributed by atoms with Crippen LogP contribution in [-0.4, -0.2) is 18.3 Å². The Labute approximate surface area is 149 Å². The Balaban J connectivity index is 1.94. The topological polar surface area (TPSA) is 42.5 Å². The first-order valence-corrected chi connectivity index (χ1v) is 8.37. The number of benzene rings is 2. The molecule has 2 aromatic carbocycles. The third kappa shape index (κ3) is 5.42. The molecule has 0 aromatic heterocycles. The van der Waals surface area contributed by atoms with Gasteiger partial charge in [0.1, 0.15) is 11.5 Å². The Morgan fingerprint density at radius 3 is 2.33 bits per heavy atom. The Morgan fingerprint density at radius 2 is 1.71 bits per heavy atom. The molecule has 0 radical (unpaired) electrons. The van der Waals surface area contributed by atoms with E-state index in [4.69, 9.17) is 21.7 Å². The summed E-state index contributed by atoms with van der Waals surface area (Å²) >= 11 is 5.40. The number of rotatable bonds is 6. The van der Waals surface area contributed by atoms with Crippen molar-refractivity contribution in [3.05, 3.63) is 54.1 Å². The van der Waals surface area contributed by atoms with Crippen LogP contribution in [0.15, 0.2) is 48.5 Å². The average molecular weight is 344 g/mol. The number of anilines is 1. The average Bonchev–Trinajstić information content (AvgIpc) is 2.54. The van der Waals surface area contributed by atoms with Crippen LogP contribution >= 0.6 is 12.2 Å². The fourth-order valence-electron chi connectivity index (χ4n) is 2.26. The normalized spacial score (nSPS) is 11.7. The van der Waals surface area contributed by atoms with Crippen molar-refractivity contribution < 1.29 is 9.47 Å². The van der Waals surface area contributed by atoms with Gasteiger partial charge in [0.2, 0.25) is 0 Å². The summed E-state index contributed by atoms with van der Waals surface area (Å²) in [6.45, 7) is 6.07. The Hall–Kier alpha value is -2.27. The van der Waals surface area contributed by atoms with Crippen molar-refractivity contribution in [2.24, 2.45) is 0 Å². The number of ether oxygens (including phenoxy) is 2. The van der Waals surface area contributed by atoms with Gasteiger partial charge in [0.15, 0.2) is 5.11 Å². The molecule has 0 aliphatic rings. The molecule has 0 bridgehead atoms. The van der Waals surface area contributed by atoms with Gasteiger partial charge >= 0.3 is 0 Å². The molecule has 0 heterocycles. The van der Waals surface area contributed by atoms with E-state index in [0.717, 1.165) is 22.7 Å². The van der Waals surface area contributed by atoms with Crippen molar-refractivity contribution in [1.82, 2.24) is 5.32 Å². The summed E-state index contributed by atoms with van der Waals surface area (Å²) in [6.07, 6.45) is 0.139. The minimum absolute atomic E-state index is 0.0889. The minimum Gasteiger partial charge on any atom is -0.497 e. The highest BCUT2D eigenvalue weighted by atomic mass is 32.1. The highest BCUT2D eigenvalue weighted by Gasteiger charge is 2.08. The van der Waals surface area contributed by atoms with Crippen molar-refractivity contribution in [3.63, 3.8) is 0 Å². The Bertz CT molecular complexity index is 671. The predicted octanol–water partition coefficient (Wildman–Crippen LogP) is 4.53. The Kier molecular flexibility index (Phi) is 6.44. The summed E-state index contributed by atoms with van der Waals surface area (Å²) in [5.41, 5.74) is 2.03. The number of nitrogens with one attached hydrogen (secondary N) is 2. The van der Waals surface area contributed by atoms with Crippen LogP contribution in [0, 0.1) is 0 Å². The molecule has 24 heavy (non-hydrogen) atoms. The van der Waals surface area contributed by atoms with E-state index in [0.29, 0.717) is 5.11 Å². The van der Waals surface area contributed by atoms with Gasteiger partial charge in [0.05, 0.1) is 19.3 Å². The summed E-state index contributed by atoms with van der Waals surface area (Å²) < 4.78 is 10.9. The van der Waals surface area contributed by atoms with Crippen molar-refractivity contribution >= 4 is 23.0 Å². The maximum absolute atomic E-state index is 5.69. The summed E-state index contributed by atoms with van der Waals surface area (Å²) in [7, 11) is 1.66. The molecule has 4 nitrogen and oxygen atoms in total. The minimum atomic E-state index is 0.0889. The van der Waals surface area contributed by atoms with Crippen molar-refractivity contribution in [3.8, 4) is 11.5 Å². The lowest BCUT2D eigenvalue weighted by molar-refractivity contribution is 0.242. The zero-order chi connectivity index (χ0) is 17.5. The zero-order valence-electron chi connectivity index (χ0n) is 14.5. The molecule has 0 aliphatic carbocycles. The molecular formula is C19H24N2O2S. The molecule has 2 rings (SSSR count). The molecule has 0 saturated heterocycles. The molecular weight excluding hydrogens is 320 g/mol. The smallest absolute Gasteiger partial charge is 0.171 e. The van der Waals surface area contributed by atoms with Crippen LogP contribution in [0.2, 0.25) is 0 Å². The molecule has 0 spiro atoms. The van der Waals surface area contributed by atoms with Crippen LogP contribution in [0.3, 0.4) is 0 Å². The second-order valence-electron chi connectivity index (χ2n) is 5.79. The van der Waals surface area contributed by atoms with Gasteiger partial charge in [-0.15, -0.1) is 0 Å². The molecule has 0 fully saturated rings. The van der Waals surface area contributed by atoms with Crippen LogP contribution in [0.25, 0.3) is 0 Å². The lowest BCUT2D eigenvalue weighted by atomic mass is 10.1. The lowest BCUT2D eigenvalue weighted by Crippen LogP contribution is -2.30. The van der Waals surface area contributed by atoms with E-state index in [1.165, 1.54) is 0 Å². The molecule has 2 aromatic rings. The molecule has 128 valence electrons. The van der Waals surface area contributed by atoms with E-state index < -0.39 is 0 Å². The molecule has 1 unspecified atom stereocenters. The first-order chi connectivity index (χ1) is 11.5. The van der Waals surface area contributed by atoms with Gasteiger partial charge in [-0.05, 0) is 62.8 Å². The second kappa shape index (κ2) is 8.55. The van der Waals surface area contributed by atoms with Crippen LogP contribution in [0.5, 0.6) is 11.5 Å². The van der Waals surface area contributed by atoms with Gasteiger partial charge < -0.3 is 20.1 Å². The second-order valence-corrected chi connectivity index (χ2v) is 6.20. The monoisotopic (exact) mass is 344 g/mol. The van der Waals surface area contributed by atoms with E-state index in [-0.39, 0.29) is 12.1 Å². The van der Waals surface area contributed by atoms with Gasteiger partial charge in [-0.25, -0.2) is 0 Å². The van der Waals surface area contributed by atoms with E-state index in [9.17, 15) is 0 Å². The standard InChI is InChI=1S/C19H24N2O2S/c1-13(2)23-18-7-5-6-16(12-18)21-19(24)20-14(3)15-8-10-17(22-4)11-9-15/h5-14H,1-4H3,(H2,20,21,24). The van der Waals surface area contributed by atoms with Crippen molar-refractivity contribution in [1.29, 1.82) is 0 Å². The third-order valence-electron chi connectivity index (χ3n) is 3.43. The van der Waals surface area contributed by atoms with Gasteiger partial charge in [-0.3, -0.25) is 0 Å². The van der Waals surface area contributed by atoms with Gasteiger partial charge in [-0.1, -0.05) is 18.2 Å². The maximum Gasteiger partial charge on any atom is 0.171 e. The molecule has 2 N–H and O–H groups in total. The number of methoxy groups -OCH3 is 1. The quantitative estimate of drug-likeness (QED) is 0.754. The summed E-state index contributed by atoms with van der Waals surface area (Å²) in [6, 6.07) is 15.8. The molecule has 1 atom stereocenters. The first kappa shape index (κ1) is 18.1. The molecule has 0 amide bonds. The van der Waals surface area contributed by atoms with Crippen molar-refractivity contribution in [2.75, 3.05) is 12.4 Å². The molecule has 5 heteroatoms. The molecule has 0 aliphatic heterocycles. The maximum atomic E-state index is 5.69. The van der Waals surface area contributed by atoms with E-state index in [1.54, 1.807) is 7.11 Å². The summed E-state index contributed by atoms with van der Waals surface area (Å²) in [5.74, 6) is 1.66. The summed E-state index contributed by atoms with van der Waals surface area (Å²) in [5, 5.41) is 7.04. The Morgan fingerprint density at radius 1 is 1.00 bits per heavy atom. The predicted molar refractivity (Wildman–Crippen MR) is 103 cm³/mol. The third-order valence-corrected chi connectivity index (χ3v) is 3.65. The number of thiocarbonyl (C=S) groups is 1. The van der Waals surface area contributed by atoms with E-state index in [2.05, 4.69) is 17.6 Å². The van der Waals surface area contributed by atoms with Crippen molar-refractivity contribution in [2.45, 2.75) is 32.9 Å². The lowest BCUT2D eigenvalue weighted by Gasteiger charge is -2.18. The SMILES string of the molecule is COc1ccc(C(C)NC(=S)Nc2cccc(OC(C)C)c2)cc1. The summed E-state index contributed by atoms with van der Waals surface area (Å²) in [4.78, 5) is 0. The highest BCUT2D eigenvalue weighted by Crippen LogP contribution is 2.20. The fourth-order valence-corrected chi connectivity index (χ4v) is 2.55. The van der Waals surface area contributed by atoms with E-state index in [1.807, 2.05) is 62.4 Å². The highest BCUT2D eigenvalue weighted by molar-refractivity contribution is 7.80. The van der Waals surface area contributed by atoms with Crippen LogP contribution in [0.4, 0.5) is 5.69 Å². The van der Waals surface area contributed by atoms with Gasteiger partial charge in [0, 0.05) is 11.8 Å². The van der Waals surface area contributed by atoms with E-state index >= 15 is 0 Å². The fraction of sp³-hybridized carbons (Fsp3) is 0.316. The molecule has 0 saturated carbocycles.